The molecule has 2 aliphatic heterocycles. The van der Waals surface area contributed by atoms with Crippen molar-refractivity contribution >= 4 is 11.8 Å². The van der Waals surface area contributed by atoms with E-state index < -0.39 is 0 Å². The summed E-state index contributed by atoms with van der Waals surface area (Å²) in [7, 11) is 0. The van der Waals surface area contributed by atoms with Crippen molar-refractivity contribution in [3.63, 3.8) is 0 Å². The van der Waals surface area contributed by atoms with E-state index in [0.29, 0.717) is 19.0 Å². The standard InChI is InChI=1S/C20H29N7O2/c1-14(2)18-24-19(29-25-18)15-5-10-26(11-6-15)20(28)23-16-4-3-9-27(13-16)17-12-21-7-8-22-17/h7-8,12,14-16H,3-6,9-11,13H2,1-2H3,(H,23,28)/t16-/m1/s1. The molecule has 4 heterocycles. The minimum absolute atomic E-state index is 0.0165. The van der Waals surface area contributed by atoms with E-state index in [2.05, 4.69) is 44.2 Å². The Morgan fingerprint density at radius 2 is 2.03 bits per heavy atom. The minimum Gasteiger partial charge on any atom is -0.353 e. The number of aromatic nitrogens is 4. The number of carbonyl (C=O) groups excluding carboxylic acids is 1. The molecule has 1 N–H and O–H groups in total. The molecule has 9 heteroatoms. The average Bonchev–Trinajstić information content (AvgIpc) is 3.25. The zero-order valence-corrected chi connectivity index (χ0v) is 17.1. The molecule has 2 saturated heterocycles. The largest absolute Gasteiger partial charge is 0.353 e. The number of amides is 2. The number of nitrogens with one attached hydrogen (secondary N) is 1. The van der Waals surface area contributed by atoms with Crippen LogP contribution in [0.1, 0.15) is 63.1 Å². The van der Waals surface area contributed by atoms with Crippen molar-refractivity contribution in [2.45, 2.75) is 57.4 Å². The Balaban J connectivity index is 1.27. The Morgan fingerprint density at radius 1 is 1.21 bits per heavy atom. The molecule has 0 aliphatic carbocycles. The van der Waals surface area contributed by atoms with Crippen molar-refractivity contribution in [2.75, 3.05) is 31.1 Å². The zero-order chi connectivity index (χ0) is 20.2. The number of piperidine rings is 2. The van der Waals surface area contributed by atoms with E-state index in [1.54, 1.807) is 18.6 Å². The Hall–Kier alpha value is -2.71. The second kappa shape index (κ2) is 8.75. The number of nitrogens with zero attached hydrogens (tertiary/aromatic N) is 6. The Kier molecular flexibility index (Phi) is 5.92. The van der Waals surface area contributed by atoms with Crippen molar-refractivity contribution < 1.29 is 9.32 Å². The van der Waals surface area contributed by atoms with Gasteiger partial charge >= 0.3 is 6.03 Å². The number of anilines is 1. The van der Waals surface area contributed by atoms with Crippen molar-refractivity contribution in [3.8, 4) is 0 Å². The van der Waals surface area contributed by atoms with E-state index in [4.69, 9.17) is 4.52 Å². The summed E-state index contributed by atoms with van der Waals surface area (Å²) in [6.07, 6.45) is 8.87. The maximum Gasteiger partial charge on any atom is 0.317 e. The number of urea groups is 1. The molecule has 4 rings (SSSR count). The van der Waals surface area contributed by atoms with Crippen LogP contribution in [0.3, 0.4) is 0 Å². The monoisotopic (exact) mass is 399 g/mol. The fourth-order valence-electron chi connectivity index (χ4n) is 4.00. The van der Waals surface area contributed by atoms with Gasteiger partial charge in [0.2, 0.25) is 5.89 Å². The molecule has 0 unspecified atom stereocenters. The maximum atomic E-state index is 12.8. The Labute approximate surface area is 170 Å². The third kappa shape index (κ3) is 4.65. The molecule has 2 aromatic rings. The summed E-state index contributed by atoms with van der Waals surface area (Å²) in [5.41, 5.74) is 0. The number of likely N-dealkylation sites (tertiary alicyclic amines) is 1. The maximum absolute atomic E-state index is 12.8. The first-order valence-corrected chi connectivity index (χ1v) is 10.5. The topological polar surface area (TPSA) is 100 Å². The van der Waals surface area contributed by atoms with Crippen molar-refractivity contribution in [1.82, 2.24) is 30.3 Å². The van der Waals surface area contributed by atoms with Gasteiger partial charge in [0.05, 0.1) is 6.20 Å². The van der Waals surface area contributed by atoms with Gasteiger partial charge in [-0.3, -0.25) is 4.98 Å². The SMILES string of the molecule is CC(C)c1noc(C2CCN(C(=O)N[C@@H]3CCCN(c4cnccn4)C3)CC2)n1. The van der Waals surface area contributed by atoms with Gasteiger partial charge in [-0.2, -0.15) is 4.98 Å². The first-order valence-electron chi connectivity index (χ1n) is 10.5. The predicted molar refractivity (Wildman–Crippen MR) is 108 cm³/mol. The first-order chi connectivity index (χ1) is 14.1. The van der Waals surface area contributed by atoms with Crippen LogP contribution in [-0.2, 0) is 0 Å². The normalized spacial score (nSPS) is 20.9. The molecular formula is C20H29N7O2. The van der Waals surface area contributed by atoms with Gasteiger partial charge in [0.25, 0.3) is 0 Å². The van der Waals surface area contributed by atoms with E-state index in [1.165, 1.54) is 0 Å². The van der Waals surface area contributed by atoms with Gasteiger partial charge in [-0.05, 0) is 25.7 Å². The van der Waals surface area contributed by atoms with E-state index in [1.807, 2.05) is 4.90 Å². The number of hydrogen-bond acceptors (Lipinski definition) is 7. The molecule has 2 amide bonds. The van der Waals surface area contributed by atoms with Crippen LogP contribution in [0.4, 0.5) is 10.6 Å². The fourth-order valence-corrected chi connectivity index (χ4v) is 4.00. The molecule has 1 atom stereocenters. The van der Waals surface area contributed by atoms with E-state index in [9.17, 15) is 4.79 Å². The fraction of sp³-hybridized carbons (Fsp3) is 0.650. The van der Waals surface area contributed by atoms with Gasteiger partial charge < -0.3 is 19.6 Å². The summed E-state index contributed by atoms with van der Waals surface area (Å²) in [4.78, 5) is 29.9. The predicted octanol–water partition coefficient (Wildman–Crippen LogP) is 2.54. The molecule has 2 fully saturated rings. The van der Waals surface area contributed by atoms with Crippen LogP contribution in [0.2, 0.25) is 0 Å². The summed E-state index contributed by atoms with van der Waals surface area (Å²) in [5, 5.41) is 7.27. The summed E-state index contributed by atoms with van der Waals surface area (Å²) >= 11 is 0. The van der Waals surface area contributed by atoms with Gasteiger partial charge in [-0.15, -0.1) is 0 Å². The second-order valence-corrected chi connectivity index (χ2v) is 8.21. The number of rotatable bonds is 4. The van der Waals surface area contributed by atoms with Crippen LogP contribution in [-0.4, -0.2) is 63.3 Å². The molecule has 9 nitrogen and oxygen atoms in total. The lowest BCUT2D eigenvalue weighted by atomic mass is 9.97. The molecule has 2 aromatic heterocycles. The van der Waals surface area contributed by atoms with Crippen LogP contribution in [0.5, 0.6) is 0 Å². The highest BCUT2D eigenvalue weighted by Gasteiger charge is 2.29. The average molecular weight is 399 g/mol. The lowest BCUT2D eigenvalue weighted by Gasteiger charge is -2.36. The van der Waals surface area contributed by atoms with Gasteiger partial charge in [0, 0.05) is 56.5 Å². The summed E-state index contributed by atoms with van der Waals surface area (Å²) < 4.78 is 5.44. The van der Waals surface area contributed by atoms with E-state index in [0.717, 1.165) is 50.4 Å². The van der Waals surface area contributed by atoms with Crippen molar-refractivity contribution in [2.24, 2.45) is 0 Å². The Morgan fingerprint density at radius 3 is 2.72 bits per heavy atom. The molecule has 156 valence electrons. The molecule has 29 heavy (non-hydrogen) atoms. The zero-order valence-electron chi connectivity index (χ0n) is 17.1. The third-order valence-corrected chi connectivity index (χ3v) is 5.73. The van der Waals surface area contributed by atoms with Crippen molar-refractivity contribution in [1.29, 1.82) is 0 Å². The molecule has 0 aromatic carbocycles. The highest BCUT2D eigenvalue weighted by atomic mass is 16.5. The van der Waals surface area contributed by atoms with Crippen LogP contribution < -0.4 is 10.2 Å². The summed E-state index contributed by atoms with van der Waals surface area (Å²) in [6, 6.07) is 0.142. The molecular weight excluding hydrogens is 370 g/mol. The van der Waals surface area contributed by atoms with Crippen molar-refractivity contribution in [3.05, 3.63) is 30.3 Å². The third-order valence-electron chi connectivity index (χ3n) is 5.73. The Bertz CT molecular complexity index is 802. The number of hydrogen-bond donors (Lipinski definition) is 1. The van der Waals surface area contributed by atoms with Gasteiger partial charge in [-0.25, -0.2) is 9.78 Å². The number of carbonyl (C=O) groups is 1. The molecule has 0 spiro atoms. The molecule has 0 saturated carbocycles. The lowest BCUT2D eigenvalue weighted by Crippen LogP contribution is -2.53. The lowest BCUT2D eigenvalue weighted by molar-refractivity contribution is 0.170. The van der Waals surface area contributed by atoms with Crippen LogP contribution in [0.25, 0.3) is 0 Å². The molecule has 0 bridgehead atoms. The summed E-state index contributed by atoms with van der Waals surface area (Å²) in [6.45, 7) is 7.23. The van der Waals surface area contributed by atoms with E-state index in [-0.39, 0.29) is 23.9 Å². The first kappa shape index (κ1) is 19.6. The molecule has 2 aliphatic rings. The van der Waals surface area contributed by atoms with Gasteiger partial charge in [-0.1, -0.05) is 19.0 Å². The minimum atomic E-state index is 0.0165. The smallest absolute Gasteiger partial charge is 0.317 e. The highest BCUT2D eigenvalue weighted by Crippen LogP contribution is 2.28. The van der Waals surface area contributed by atoms with Crippen LogP contribution in [0, 0.1) is 0 Å². The highest BCUT2D eigenvalue weighted by molar-refractivity contribution is 5.74. The van der Waals surface area contributed by atoms with E-state index >= 15 is 0 Å². The molecule has 0 radical (unpaired) electrons. The second-order valence-electron chi connectivity index (χ2n) is 8.21. The van der Waals surface area contributed by atoms with Crippen LogP contribution in [0.15, 0.2) is 23.1 Å². The van der Waals surface area contributed by atoms with Crippen LogP contribution >= 0.6 is 0 Å². The van der Waals surface area contributed by atoms with Gasteiger partial charge in [0.15, 0.2) is 5.82 Å². The quantitative estimate of drug-likeness (QED) is 0.843. The van der Waals surface area contributed by atoms with Gasteiger partial charge in [0.1, 0.15) is 5.82 Å². The summed E-state index contributed by atoms with van der Waals surface area (Å²) in [5.74, 6) is 2.83.